The van der Waals surface area contributed by atoms with E-state index in [0.29, 0.717) is 12.1 Å². The van der Waals surface area contributed by atoms with Gasteiger partial charge in [0.2, 0.25) is 0 Å². The number of amides is 1. The summed E-state index contributed by atoms with van der Waals surface area (Å²) in [6.45, 7) is 7.77. The molecule has 0 spiro atoms. The van der Waals surface area contributed by atoms with E-state index in [-0.39, 0.29) is 11.9 Å². The number of nitrogens with zero attached hydrogens (tertiary/aromatic N) is 1. The third kappa shape index (κ3) is 6.13. The lowest BCUT2D eigenvalue weighted by molar-refractivity contribution is 0.0963. The number of aliphatic imine (C=N–C) groups is 1. The molecule has 5 heteroatoms. The minimum atomic E-state index is -0.0672. The van der Waals surface area contributed by atoms with Gasteiger partial charge in [0.25, 0.3) is 5.91 Å². The third-order valence-corrected chi connectivity index (χ3v) is 4.44. The van der Waals surface area contributed by atoms with Crippen molar-refractivity contribution in [1.82, 2.24) is 16.0 Å². The first-order chi connectivity index (χ1) is 13.0. The molecule has 0 aliphatic rings. The summed E-state index contributed by atoms with van der Waals surface area (Å²) in [5, 5.41) is 9.43. The molecule has 0 fully saturated rings. The summed E-state index contributed by atoms with van der Waals surface area (Å²) in [6, 6.07) is 16.2. The highest BCUT2D eigenvalue weighted by Gasteiger charge is 2.09. The number of carbonyl (C=O) groups is 1. The predicted molar refractivity (Wildman–Crippen MR) is 112 cm³/mol. The quantitative estimate of drug-likeness (QED) is 0.521. The average Bonchev–Trinajstić information content (AvgIpc) is 2.68. The van der Waals surface area contributed by atoms with Crippen molar-refractivity contribution in [3.63, 3.8) is 0 Å². The highest BCUT2D eigenvalue weighted by molar-refractivity contribution is 5.94. The van der Waals surface area contributed by atoms with Gasteiger partial charge >= 0.3 is 0 Å². The van der Waals surface area contributed by atoms with E-state index in [1.807, 2.05) is 24.3 Å². The Kier molecular flexibility index (Phi) is 7.86. The van der Waals surface area contributed by atoms with Gasteiger partial charge in [0.15, 0.2) is 5.96 Å². The van der Waals surface area contributed by atoms with Crippen LogP contribution in [0.4, 0.5) is 0 Å². The molecule has 0 saturated carbocycles. The Hall–Kier alpha value is -2.82. The van der Waals surface area contributed by atoms with Gasteiger partial charge in [0.1, 0.15) is 0 Å². The lowest BCUT2D eigenvalue weighted by Crippen LogP contribution is -2.39. The topological polar surface area (TPSA) is 65.5 Å². The van der Waals surface area contributed by atoms with E-state index < -0.39 is 0 Å². The van der Waals surface area contributed by atoms with Gasteiger partial charge in [-0.05, 0) is 56.0 Å². The van der Waals surface area contributed by atoms with Crippen LogP contribution in [0.3, 0.4) is 0 Å². The van der Waals surface area contributed by atoms with Crippen LogP contribution in [-0.2, 0) is 6.42 Å². The van der Waals surface area contributed by atoms with E-state index in [1.165, 1.54) is 11.1 Å². The van der Waals surface area contributed by atoms with E-state index in [2.05, 4.69) is 61.0 Å². The van der Waals surface area contributed by atoms with Crippen molar-refractivity contribution in [3.8, 4) is 0 Å². The molecule has 2 aromatic rings. The zero-order valence-corrected chi connectivity index (χ0v) is 16.7. The Morgan fingerprint density at radius 3 is 2.63 bits per heavy atom. The number of hydrogen-bond acceptors (Lipinski definition) is 2. The van der Waals surface area contributed by atoms with Crippen LogP contribution in [0.2, 0.25) is 0 Å². The maximum atomic E-state index is 11.8. The maximum Gasteiger partial charge on any atom is 0.251 e. The Labute approximate surface area is 162 Å². The Morgan fingerprint density at radius 1 is 1.15 bits per heavy atom. The lowest BCUT2D eigenvalue weighted by atomic mass is 10.0. The van der Waals surface area contributed by atoms with Crippen molar-refractivity contribution in [2.45, 2.75) is 33.2 Å². The molecule has 0 heterocycles. The Balaban J connectivity index is 2.01. The molecule has 0 radical (unpaired) electrons. The molecular formula is C22H30N4O. The fourth-order valence-corrected chi connectivity index (χ4v) is 2.98. The lowest BCUT2D eigenvalue weighted by Gasteiger charge is -2.19. The van der Waals surface area contributed by atoms with Crippen LogP contribution in [-0.4, -0.2) is 32.0 Å². The molecule has 2 rings (SSSR count). The summed E-state index contributed by atoms with van der Waals surface area (Å²) in [4.78, 5) is 16.5. The van der Waals surface area contributed by atoms with Crippen LogP contribution in [0, 0.1) is 6.92 Å². The standard InChI is InChI=1S/C22H30N4O/c1-5-24-22(26-17(3)20-12-7-6-9-16(20)2)25-14-13-18-10-8-11-19(15-18)21(27)23-4/h6-12,15,17H,5,13-14H2,1-4H3,(H,23,27)(H2,24,25,26). The van der Waals surface area contributed by atoms with Gasteiger partial charge in [-0.1, -0.05) is 36.4 Å². The van der Waals surface area contributed by atoms with E-state index >= 15 is 0 Å². The number of hydrogen-bond donors (Lipinski definition) is 3. The Bertz CT molecular complexity index is 785. The van der Waals surface area contributed by atoms with Gasteiger partial charge in [-0.15, -0.1) is 0 Å². The molecule has 0 saturated heterocycles. The molecule has 1 amide bonds. The van der Waals surface area contributed by atoms with Crippen LogP contribution in [0.15, 0.2) is 53.5 Å². The van der Waals surface area contributed by atoms with Gasteiger partial charge in [0, 0.05) is 25.7 Å². The highest BCUT2D eigenvalue weighted by atomic mass is 16.1. The minimum absolute atomic E-state index is 0.0672. The molecule has 0 bridgehead atoms. The maximum absolute atomic E-state index is 11.8. The van der Waals surface area contributed by atoms with Crippen molar-refractivity contribution in [2.75, 3.05) is 20.1 Å². The first kappa shape index (κ1) is 20.5. The molecule has 144 valence electrons. The van der Waals surface area contributed by atoms with Crippen LogP contribution in [0.1, 0.15) is 46.9 Å². The normalized spacial score (nSPS) is 12.4. The largest absolute Gasteiger partial charge is 0.357 e. The number of benzene rings is 2. The summed E-state index contributed by atoms with van der Waals surface area (Å²) < 4.78 is 0. The second kappa shape index (κ2) is 10.4. The van der Waals surface area contributed by atoms with Crippen molar-refractivity contribution < 1.29 is 4.79 Å². The third-order valence-electron chi connectivity index (χ3n) is 4.44. The summed E-state index contributed by atoms with van der Waals surface area (Å²) in [7, 11) is 1.64. The van der Waals surface area contributed by atoms with Crippen molar-refractivity contribution in [3.05, 3.63) is 70.8 Å². The average molecular weight is 367 g/mol. The minimum Gasteiger partial charge on any atom is -0.357 e. The monoisotopic (exact) mass is 366 g/mol. The van der Waals surface area contributed by atoms with E-state index in [4.69, 9.17) is 4.99 Å². The second-order valence-corrected chi connectivity index (χ2v) is 6.51. The fraction of sp³-hybridized carbons (Fsp3) is 0.364. The molecule has 0 aromatic heterocycles. The predicted octanol–water partition coefficient (Wildman–Crippen LogP) is 3.21. The summed E-state index contributed by atoms with van der Waals surface area (Å²) in [6.07, 6.45) is 0.778. The van der Waals surface area contributed by atoms with Crippen LogP contribution >= 0.6 is 0 Å². The van der Waals surface area contributed by atoms with Crippen molar-refractivity contribution in [2.24, 2.45) is 4.99 Å². The summed E-state index contributed by atoms with van der Waals surface area (Å²) in [5.41, 5.74) is 4.31. The van der Waals surface area contributed by atoms with Crippen LogP contribution in [0.25, 0.3) is 0 Å². The van der Waals surface area contributed by atoms with E-state index in [0.717, 1.165) is 24.5 Å². The SMILES string of the molecule is CCNC(=NCCc1cccc(C(=O)NC)c1)NC(C)c1ccccc1C. The van der Waals surface area contributed by atoms with Gasteiger partial charge in [-0.3, -0.25) is 9.79 Å². The first-order valence-electron chi connectivity index (χ1n) is 9.46. The molecule has 0 aliphatic carbocycles. The van der Waals surface area contributed by atoms with Gasteiger partial charge in [-0.25, -0.2) is 0 Å². The Morgan fingerprint density at radius 2 is 1.93 bits per heavy atom. The molecule has 5 nitrogen and oxygen atoms in total. The number of rotatable bonds is 7. The van der Waals surface area contributed by atoms with Crippen LogP contribution < -0.4 is 16.0 Å². The fourth-order valence-electron chi connectivity index (χ4n) is 2.98. The first-order valence-corrected chi connectivity index (χ1v) is 9.46. The van der Waals surface area contributed by atoms with Gasteiger partial charge in [0.05, 0.1) is 6.04 Å². The molecule has 1 unspecified atom stereocenters. The second-order valence-electron chi connectivity index (χ2n) is 6.51. The molecule has 0 aliphatic heterocycles. The van der Waals surface area contributed by atoms with Gasteiger partial charge < -0.3 is 16.0 Å². The van der Waals surface area contributed by atoms with E-state index in [9.17, 15) is 4.79 Å². The van der Waals surface area contributed by atoms with E-state index in [1.54, 1.807) is 7.05 Å². The number of guanidine groups is 1. The molecule has 1 atom stereocenters. The van der Waals surface area contributed by atoms with Crippen molar-refractivity contribution in [1.29, 1.82) is 0 Å². The van der Waals surface area contributed by atoms with Crippen molar-refractivity contribution >= 4 is 11.9 Å². The molecule has 2 aromatic carbocycles. The van der Waals surface area contributed by atoms with Gasteiger partial charge in [-0.2, -0.15) is 0 Å². The smallest absolute Gasteiger partial charge is 0.251 e. The molecule has 3 N–H and O–H groups in total. The highest BCUT2D eigenvalue weighted by Crippen LogP contribution is 2.16. The zero-order chi connectivity index (χ0) is 19.6. The summed E-state index contributed by atoms with van der Waals surface area (Å²) >= 11 is 0. The number of nitrogens with one attached hydrogen (secondary N) is 3. The summed E-state index contributed by atoms with van der Waals surface area (Å²) in [5.74, 6) is 0.734. The number of aryl methyl sites for hydroxylation is 1. The molecule has 27 heavy (non-hydrogen) atoms. The number of carbonyl (C=O) groups excluding carboxylic acids is 1. The van der Waals surface area contributed by atoms with Crippen LogP contribution in [0.5, 0.6) is 0 Å². The molecular weight excluding hydrogens is 336 g/mol. The zero-order valence-electron chi connectivity index (χ0n) is 16.7.